The molecule has 3 rings (SSSR count). The van der Waals surface area contributed by atoms with Crippen molar-refractivity contribution in [2.75, 3.05) is 0 Å². The third-order valence-corrected chi connectivity index (χ3v) is 4.88. The van der Waals surface area contributed by atoms with Crippen molar-refractivity contribution in [3.63, 3.8) is 0 Å². The van der Waals surface area contributed by atoms with Gasteiger partial charge in [-0.05, 0) is 36.1 Å². The average molecular weight is 341 g/mol. The highest BCUT2D eigenvalue weighted by atomic mass is 35.5. The normalized spacial score (nSPS) is 11.2. The third-order valence-electron chi connectivity index (χ3n) is 3.15. The number of aryl methyl sites for hydroxylation is 1. The monoisotopic (exact) mass is 340 g/mol. The van der Waals surface area contributed by atoms with E-state index >= 15 is 0 Å². The molecule has 0 radical (unpaired) electrons. The number of rotatable bonds is 3. The molecule has 1 N–H and O–H groups in total. The number of hydrogen-bond acceptors (Lipinski definition) is 3. The molecule has 0 aliphatic carbocycles. The number of imidazole rings is 1. The molecular weight excluding hydrogens is 331 g/mol. The van der Waals surface area contributed by atoms with E-state index in [2.05, 4.69) is 4.98 Å². The summed E-state index contributed by atoms with van der Waals surface area (Å²) in [7, 11) is 0. The fourth-order valence-electron chi connectivity index (χ4n) is 2.19. The molecule has 3 aromatic rings. The standard InChI is InChI=1S/C14H10Cl2N2O2S/c1-7-2-3-21-13(7)14-17-10-4-8(15)9(16)5-11(10)18(14)6-12(19)20/h2-5H,6H2,1H3,(H,19,20). The van der Waals surface area contributed by atoms with E-state index in [1.165, 1.54) is 11.3 Å². The minimum Gasteiger partial charge on any atom is -0.480 e. The lowest BCUT2D eigenvalue weighted by molar-refractivity contribution is -0.137. The Bertz CT molecular complexity index is 854. The second-order valence-electron chi connectivity index (χ2n) is 4.60. The van der Waals surface area contributed by atoms with E-state index in [4.69, 9.17) is 28.3 Å². The number of carbonyl (C=O) groups is 1. The lowest BCUT2D eigenvalue weighted by Crippen LogP contribution is -2.09. The number of carboxylic acids is 1. The van der Waals surface area contributed by atoms with Crippen molar-refractivity contribution in [1.29, 1.82) is 0 Å². The number of aliphatic carboxylic acids is 1. The van der Waals surface area contributed by atoms with Gasteiger partial charge in [0.25, 0.3) is 0 Å². The number of thiophene rings is 1. The van der Waals surface area contributed by atoms with E-state index in [1.807, 2.05) is 18.4 Å². The number of nitrogens with zero attached hydrogens (tertiary/aromatic N) is 2. The van der Waals surface area contributed by atoms with Crippen LogP contribution in [0.15, 0.2) is 23.6 Å². The van der Waals surface area contributed by atoms with Crippen molar-refractivity contribution in [3.05, 3.63) is 39.2 Å². The fraction of sp³-hybridized carbons (Fsp3) is 0.143. The number of hydrogen-bond donors (Lipinski definition) is 1. The summed E-state index contributed by atoms with van der Waals surface area (Å²) in [6.07, 6.45) is 0. The summed E-state index contributed by atoms with van der Waals surface area (Å²) in [5, 5.41) is 11.9. The van der Waals surface area contributed by atoms with Gasteiger partial charge in [0, 0.05) is 0 Å². The second kappa shape index (κ2) is 5.33. The van der Waals surface area contributed by atoms with E-state index < -0.39 is 5.97 Å². The molecule has 2 aromatic heterocycles. The summed E-state index contributed by atoms with van der Waals surface area (Å²) < 4.78 is 1.65. The molecule has 4 nitrogen and oxygen atoms in total. The van der Waals surface area contributed by atoms with E-state index in [0.29, 0.717) is 26.9 Å². The van der Waals surface area contributed by atoms with Crippen LogP contribution in [0.4, 0.5) is 0 Å². The van der Waals surface area contributed by atoms with Gasteiger partial charge < -0.3 is 9.67 Å². The fourth-order valence-corrected chi connectivity index (χ4v) is 3.43. The molecule has 108 valence electrons. The molecule has 2 heterocycles. The maximum atomic E-state index is 11.2. The van der Waals surface area contributed by atoms with Gasteiger partial charge in [0.05, 0.1) is 26.0 Å². The molecule has 0 unspecified atom stereocenters. The van der Waals surface area contributed by atoms with Gasteiger partial charge in [-0.15, -0.1) is 11.3 Å². The van der Waals surface area contributed by atoms with Crippen molar-refractivity contribution < 1.29 is 9.90 Å². The van der Waals surface area contributed by atoms with Gasteiger partial charge in [0.1, 0.15) is 6.54 Å². The predicted molar refractivity (Wildman–Crippen MR) is 85.4 cm³/mol. The van der Waals surface area contributed by atoms with Crippen LogP contribution in [0.5, 0.6) is 0 Å². The van der Waals surface area contributed by atoms with Crippen molar-refractivity contribution in [2.45, 2.75) is 13.5 Å². The lowest BCUT2D eigenvalue weighted by Gasteiger charge is -2.06. The van der Waals surface area contributed by atoms with Crippen LogP contribution in [-0.2, 0) is 11.3 Å². The van der Waals surface area contributed by atoms with Crippen molar-refractivity contribution in [2.24, 2.45) is 0 Å². The van der Waals surface area contributed by atoms with Gasteiger partial charge in [0.15, 0.2) is 5.82 Å². The van der Waals surface area contributed by atoms with Crippen LogP contribution in [0.1, 0.15) is 5.56 Å². The molecule has 0 aliphatic heterocycles. The predicted octanol–water partition coefficient (Wildman–Crippen LogP) is 4.46. The first-order valence-electron chi connectivity index (χ1n) is 6.09. The second-order valence-corrected chi connectivity index (χ2v) is 6.33. The number of carboxylic acid groups (broad SMARTS) is 1. The van der Waals surface area contributed by atoms with Crippen LogP contribution in [-0.4, -0.2) is 20.6 Å². The highest BCUT2D eigenvalue weighted by Gasteiger charge is 2.18. The Balaban J connectivity index is 2.33. The first-order valence-corrected chi connectivity index (χ1v) is 7.72. The molecule has 0 aliphatic rings. The molecule has 0 atom stereocenters. The zero-order valence-corrected chi connectivity index (χ0v) is 13.3. The van der Waals surface area contributed by atoms with E-state index in [-0.39, 0.29) is 6.54 Å². The zero-order valence-electron chi connectivity index (χ0n) is 10.9. The summed E-state index contributed by atoms with van der Waals surface area (Å²) in [5.41, 5.74) is 2.35. The molecule has 0 bridgehead atoms. The van der Waals surface area contributed by atoms with Crippen LogP contribution in [0.3, 0.4) is 0 Å². The Morgan fingerprint density at radius 2 is 2.10 bits per heavy atom. The third kappa shape index (κ3) is 2.52. The first kappa shape index (κ1) is 14.4. The average Bonchev–Trinajstić information content (AvgIpc) is 2.95. The van der Waals surface area contributed by atoms with E-state index in [1.54, 1.807) is 16.7 Å². The van der Waals surface area contributed by atoms with Gasteiger partial charge in [-0.3, -0.25) is 4.79 Å². The van der Waals surface area contributed by atoms with Crippen LogP contribution in [0, 0.1) is 6.92 Å². The summed E-state index contributed by atoms with van der Waals surface area (Å²) in [4.78, 5) is 16.6. The van der Waals surface area contributed by atoms with Crippen molar-refractivity contribution >= 4 is 51.5 Å². The van der Waals surface area contributed by atoms with Gasteiger partial charge >= 0.3 is 5.97 Å². The van der Waals surface area contributed by atoms with Crippen molar-refractivity contribution in [3.8, 4) is 10.7 Å². The number of halogens is 2. The smallest absolute Gasteiger partial charge is 0.323 e. The molecule has 1 aromatic carbocycles. The summed E-state index contributed by atoms with van der Waals surface area (Å²) in [6, 6.07) is 5.29. The first-order chi connectivity index (χ1) is 9.97. The Hall–Kier alpha value is -1.56. The SMILES string of the molecule is Cc1ccsc1-c1nc2cc(Cl)c(Cl)cc2n1CC(=O)O. The molecule has 7 heteroatoms. The molecule has 0 spiro atoms. The van der Waals surface area contributed by atoms with Crippen LogP contribution in [0.25, 0.3) is 21.7 Å². The molecule has 21 heavy (non-hydrogen) atoms. The molecule has 0 saturated heterocycles. The molecule has 0 saturated carbocycles. The molecule has 0 amide bonds. The van der Waals surface area contributed by atoms with Crippen molar-refractivity contribution in [1.82, 2.24) is 9.55 Å². The minimum atomic E-state index is -0.934. The largest absolute Gasteiger partial charge is 0.480 e. The Morgan fingerprint density at radius 3 is 2.71 bits per heavy atom. The molecule has 0 fully saturated rings. The van der Waals surface area contributed by atoms with Crippen LogP contribution in [0.2, 0.25) is 10.0 Å². The Labute approximate surface area is 134 Å². The summed E-state index contributed by atoms with van der Waals surface area (Å²) >= 11 is 13.6. The van der Waals surface area contributed by atoms with Gasteiger partial charge in [0.2, 0.25) is 0 Å². The highest BCUT2D eigenvalue weighted by molar-refractivity contribution is 7.13. The summed E-state index contributed by atoms with van der Waals surface area (Å²) in [6.45, 7) is 1.79. The maximum Gasteiger partial charge on any atom is 0.323 e. The Morgan fingerprint density at radius 1 is 1.38 bits per heavy atom. The highest BCUT2D eigenvalue weighted by Crippen LogP contribution is 2.34. The van der Waals surface area contributed by atoms with Gasteiger partial charge in [-0.25, -0.2) is 4.98 Å². The summed E-state index contributed by atoms with van der Waals surface area (Å²) in [5.74, 6) is -0.311. The van der Waals surface area contributed by atoms with Crippen LogP contribution >= 0.6 is 34.5 Å². The molecular formula is C14H10Cl2N2O2S. The minimum absolute atomic E-state index is 0.179. The van der Waals surface area contributed by atoms with Gasteiger partial charge in [-0.1, -0.05) is 23.2 Å². The Kier molecular flexibility index (Phi) is 3.65. The number of aromatic nitrogens is 2. The zero-order chi connectivity index (χ0) is 15.1. The number of benzene rings is 1. The van der Waals surface area contributed by atoms with Crippen LogP contribution < -0.4 is 0 Å². The number of fused-ring (bicyclic) bond motifs is 1. The quantitative estimate of drug-likeness (QED) is 0.765. The lowest BCUT2D eigenvalue weighted by atomic mass is 10.3. The van der Waals surface area contributed by atoms with Gasteiger partial charge in [-0.2, -0.15) is 0 Å². The maximum absolute atomic E-state index is 11.2. The van der Waals surface area contributed by atoms with E-state index in [9.17, 15) is 4.79 Å². The van der Waals surface area contributed by atoms with E-state index in [0.717, 1.165) is 10.4 Å². The topological polar surface area (TPSA) is 55.1 Å².